The average molecular weight is 422 g/mol. The van der Waals surface area contributed by atoms with Crippen molar-refractivity contribution in [2.75, 3.05) is 27.8 Å². The summed E-state index contributed by atoms with van der Waals surface area (Å²) in [5.41, 5.74) is 0.237. The average Bonchev–Trinajstić information content (AvgIpc) is 2.79. The van der Waals surface area contributed by atoms with Gasteiger partial charge in [0.1, 0.15) is 22.6 Å². The molecule has 0 radical (unpaired) electrons. The van der Waals surface area contributed by atoms with Crippen molar-refractivity contribution in [1.82, 2.24) is 0 Å². The molecule has 11 heteroatoms. The second-order valence-electron chi connectivity index (χ2n) is 5.15. The molecular weight excluding hydrogens is 404 g/mol. The van der Waals surface area contributed by atoms with Crippen LogP contribution in [0.2, 0.25) is 0 Å². The van der Waals surface area contributed by atoms with E-state index < -0.39 is 31.7 Å². The van der Waals surface area contributed by atoms with Gasteiger partial charge in [0.15, 0.2) is 0 Å². The first-order valence-electron chi connectivity index (χ1n) is 8.30. The van der Waals surface area contributed by atoms with Crippen LogP contribution in [0.25, 0.3) is 0 Å². The number of methoxy groups -OCH3 is 2. The van der Waals surface area contributed by atoms with Crippen molar-refractivity contribution in [2.24, 2.45) is 0 Å². The maximum atomic E-state index is 11.8. The molecule has 11 nitrogen and oxygen atoms in total. The van der Waals surface area contributed by atoms with Crippen LogP contribution in [0.5, 0.6) is 11.5 Å². The molecule has 0 aliphatic rings. The van der Waals surface area contributed by atoms with Gasteiger partial charge < -0.3 is 18.9 Å². The Morgan fingerprint density at radius 1 is 0.667 bits per heavy atom. The van der Waals surface area contributed by atoms with Crippen LogP contribution >= 0.6 is 0 Å². The van der Waals surface area contributed by atoms with Crippen LogP contribution in [0, 0.1) is 0 Å². The largest absolute Gasteiger partial charge is 0.512 e. The highest BCUT2D eigenvalue weighted by atomic mass is 17.2. The van der Waals surface area contributed by atoms with Gasteiger partial charge >= 0.3 is 18.1 Å². The van der Waals surface area contributed by atoms with Crippen LogP contribution in [0.15, 0.2) is 48.5 Å². The van der Waals surface area contributed by atoms with Gasteiger partial charge in [-0.1, -0.05) is 24.3 Å². The topological polar surface area (TPSA) is 125 Å². The molecule has 0 spiro atoms. The van der Waals surface area contributed by atoms with Crippen molar-refractivity contribution in [3.05, 3.63) is 59.7 Å². The molecular formula is C19H18O11. The van der Waals surface area contributed by atoms with Crippen molar-refractivity contribution in [3.8, 4) is 11.5 Å². The van der Waals surface area contributed by atoms with E-state index in [1.165, 1.54) is 26.4 Å². The molecule has 0 unspecified atom stereocenters. The minimum Gasteiger partial charge on any atom is -0.496 e. The fourth-order valence-electron chi connectivity index (χ4n) is 2.06. The van der Waals surface area contributed by atoms with Gasteiger partial charge in [-0.25, -0.2) is 14.4 Å². The van der Waals surface area contributed by atoms with Gasteiger partial charge in [0.2, 0.25) is 13.6 Å². The number of carbonyl (C=O) groups excluding carboxylic acids is 3. The van der Waals surface area contributed by atoms with Gasteiger partial charge in [0, 0.05) is 0 Å². The highest BCUT2D eigenvalue weighted by molar-refractivity contribution is 5.92. The lowest BCUT2D eigenvalue weighted by Crippen LogP contribution is -2.16. The first kappa shape index (κ1) is 22.5. The van der Waals surface area contributed by atoms with Gasteiger partial charge in [-0.15, -0.1) is 9.78 Å². The van der Waals surface area contributed by atoms with Crippen molar-refractivity contribution in [1.29, 1.82) is 0 Å². The van der Waals surface area contributed by atoms with E-state index >= 15 is 0 Å². The van der Waals surface area contributed by atoms with Crippen molar-refractivity contribution >= 4 is 18.1 Å². The third-order valence-electron chi connectivity index (χ3n) is 3.37. The zero-order valence-corrected chi connectivity index (χ0v) is 16.0. The molecule has 0 aromatic heterocycles. The number of hydrogen-bond donors (Lipinski definition) is 0. The molecule has 0 saturated heterocycles. The Bertz CT molecular complexity index is 796. The fraction of sp³-hybridized carbons (Fsp3) is 0.211. The number of carbonyl (C=O) groups is 3. The lowest BCUT2D eigenvalue weighted by Gasteiger charge is -2.08. The molecule has 0 bridgehead atoms. The highest BCUT2D eigenvalue weighted by Gasteiger charge is 2.16. The van der Waals surface area contributed by atoms with E-state index in [0.717, 1.165) is 0 Å². The normalized spacial score (nSPS) is 9.93. The summed E-state index contributed by atoms with van der Waals surface area (Å²) >= 11 is 0. The molecule has 2 aromatic carbocycles. The van der Waals surface area contributed by atoms with E-state index in [4.69, 9.17) is 9.47 Å². The van der Waals surface area contributed by atoms with Crippen LogP contribution < -0.4 is 9.47 Å². The Morgan fingerprint density at radius 3 is 1.47 bits per heavy atom. The van der Waals surface area contributed by atoms with E-state index in [-0.39, 0.29) is 22.6 Å². The monoisotopic (exact) mass is 422 g/mol. The first-order valence-corrected chi connectivity index (χ1v) is 8.30. The van der Waals surface area contributed by atoms with Gasteiger partial charge in [-0.3, -0.25) is 9.78 Å². The molecule has 0 heterocycles. The van der Waals surface area contributed by atoms with Crippen LogP contribution in [0.4, 0.5) is 4.79 Å². The third-order valence-corrected chi connectivity index (χ3v) is 3.37. The van der Waals surface area contributed by atoms with Gasteiger partial charge in [0.25, 0.3) is 0 Å². The zero-order valence-electron chi connectivity index (χ0n) is 16.0. The summed E-state index contributed by atoms with van der Waals surface area (Å²) in [6.07, 6.45) is -1.23. The van der Waals surface area contributed by atoms with E-state index in [9.17, 15) is 14.4 Å². The molecule has 0 atom stereocenters. The van der Waals surface area contributed by atoms with E-state index in [1.807, 2.05) is 0 Å². The van der Waals surface area contributed by atoms with Crippen LogP contribution in [-0.2, 0) is 29.0 Å². The van der Waals surface area contributed by atoms with Crippen molar-refractivity contribution in [3.63, 3.8) is 0 Å². The first-order chi connectivity index (χ1) is 14.6. The quantitative estimate of drug-likeness (QED) is 0.184. The molecule has 2 aromatic rings. The summed E-state index contributed by atoms with van der Waals surface area (Å²) in [7, 11) is 2.78. The minimum atomic E-state index is -1.23. The van der Waals surface area contributed by atoms with Crippen LogP contribution in [0.1, 0.15) is 20.7 Å². The summed E-state index contributed by atoms with van der Waals surface area (Å²) in [4.78, 5) is 52.9. The van der Waals surface area contributed by atoms with E-state index in [2.05, 4.69) is 29.0 Å². The highest BCUT2D eigenvalue weighted by Crippen LogP contribution is 2.19. The summed E-state index contributed by atoms with van der Waals surface area (Å²) in [5.74, 6) is -1.13. The Balaban J connectivity index is 1.61. The summed E-state index contributed by atoms with van der Waals surface area (Å²) in [6, 6.07) is 12.6. The maximum Gasteiger partial charge on any atom is 0.512 e. The number of benzene rings is 2. The smallest absolute Gasteiger partial charge is 0.496 e. The number of ether oxygens (including phenoxy) is 4. The summed E-state index contributed by atoms with van der Waals surface area (Å²) in [5, 5.41) is 0. The third kappa shape index (κ3) is 6.65. The molecule has 0 saturated carbocycles. The molecule has 30 heavy (non-hydrogen) atoms. The summed E-state index contributed by atoms with van der Waals surface area (Å²) in [6.45, 7) is -1.50. The molecule has 2 rings (SSSR count). The molecule has 0 N–H and O–H groups in total. The van der Waals surface area contributed by atoms with E-state index in [0.29, 0.717) is 0 Å². The molecule has 0 amide bonds. The second kappa shape index (κ2) is 11.9. The fourth-order valence-corrected chi connectivity index (χ4v) is 2.06. The second-order valence-corrected chi connectivity index (χ2v) is 5.15. The van der Waals surface area contributed by atoms with Gasteiger partial charge in [0.05, 0.1) is 14.2 Å². The standard InChI is InChI=1S/C19H18O11/c1-23-15-9-5-3-7-13(15)17(20)29-27-11-25-19(22)26-12-28-30-18(21)14-8-4-6-10-16(14)24-2/h3-10H,11-12H2,1-2H3. The maximum absolute atomic E-state index is 11.8. The zero-order chi connectivity index (χ0) is 21.8. The Kier molecular flexibility index (Phi) is 8.90. The number of para-hydroxylation sites is 2. The Hall–Kier alpha value is -3.83. The van der Waals surface area contributed by atoms with E-state index in [1.54, 1.807) is 36.4 Å². The van der Waals surface area contributed by atoms with Crippen molar-refractivity contribution in [2.45, 2.75) is 0 Å². The SMILES string of the molecule is COc1ccccc1C(=O)OOCOC(=O)OCOOC(=O)c1ccccc1OC. The molecule has 0 fully saturated rings. The number of rotatable bonds is 10. The van der Waals surface area contributed by atoms with Crippen LogP contribution in [0.3, 0.4) is 0 Å². The van der Waals surface area contributed by atoms with Gasteiger partial charge in [-0.05, 0) is 24.3 Å². The molecule has 0 aliphatic heterocycles. The lowest BCUT2D eigenvalue weighted by atomic mass is 10.2. The minimum absolute atomic E-state index is 0.118. The number of hydrogen-bond acceptors (Lipinski definition) is 11. The predicted octanol–water partition coefficient (Wildman–Crippen LogP) is 2.65. The molecule has 0 aliphatic carbocycles. The lowest BCUT2D eigenvalue weighted by molar-refractivity contribution is -0.297. The Morgan fingerprint density at radius 2 is 1.07 bits per heavy atom. The van der Waals surface area contributed by atoms with Crippen molar-refractivity contribution < 1.29 is 52.9 Å². The Labute approximate surface area is 170 Å². The summed E-state index contributed by atoms with van der Waals surface area (Å²) < 4.78 is 19.0. The van der Waals surface area contributed by atoms with Gasteiger partial charge in [-0.2, -0.15) is 0 Å². The predicted molar refractivity (Wildman–Crippen MR) is 96.3 cm³/mol. The van der Waals surface area contributed by atoms with Crippen LogP contribution in [-0.4, -0.2) is 45.9 Å². The molecule has 160 valence electrons.